The maximum Gasteiger partial charge on any atom is 0.211 e. The molecular formula is C14H17NO5. The summed E-state index contributed by atoms with van der Waals surface area (Å²) < 4.78 is 10.4. The van der Waals surface area contributed by atoms with Crippen LogP contribution in [0.1, 0.15) is 17.9 Å². The molecule has 6 nitrogen and oxygen atoms in total. The number of Topliss-reactive ketones (excluding diaryl/α,β-unsaturated/α-hetero) is 1. The summed E-state index contributed by atoms with van der Waals surface area (Å²) in [5.41, 5.74) is 0.770. The van der Waals surface area contributed by atoms with Crippen LogP contribution in [0.4, 0.5) is 0 Å². The van der Waals surface area contributed by atoms with E-state index in [0.717, 1.165) is 5.56 Å². The van der Waals surface area contributed by atoms with Crippen LogP contribution in [-0.4, -0.2) is 37.6 Å². The van der Waals surface area contributed by atoms with E-state index in [1.165, 1.54) is 0 Å². The average Bonchev–Trinajstić information content (AvgIpc) is 2.46. The van der Waals surface area contributed by atoms with Crippen molar-refractivity contribution in [3.8, 4) is 5.75 Å². The third-order valence-corrected chi connectivity index (χ3v) is 3.58. The summed E-state index contributed by atoms with van der Waals surface area (Å²) in [6.07, 6.45) is 0.328. The number of carbonyl (C=O) groups excluding carboxylic acids is 1. The molecule has 0 amide bonds. The molecule has 0 aromatic heterocycles. The standard InChI is InChI=1S/C14H17NO5/c1-19-11-4-2-10(3-5-11)12(8-15(17)18)13-9-20-7-6-14(13)16/h2-5,12-13H,6-9H2,1H3/t12-,13-/m1/s1. The third-order valence-electron chi connectivity index (χ3n) is 3.58. The normalized spacial score (nSPS) is 20.4. The molecule has 1 aromatic rings. The number of hydrogen-bond donors (Lipinski definition) is 0. The van der Waals surface area contributed by atoms with E-state index in [1.807, 2.05) is 0 Å². The van der Waals surface area contributed by atoms with Crippen molar-refractivity contribution in [2.75, 3.05) is 26.9 Å². The summed E-state index contributed by atoms with van der Waals surface area (Å²) >= 11 is 0. The minimum absolute atomic E-state index is 0.0407. The number of nitro groups is 1. The Balaban J connectivity index is 2.25. The highest BCUT2D eigenvalue weighted by atomic mass is 16.6. The van der Waals surface area contributed by atoms with Gasteiger partial charge in [-0.25, -0.2) is 0 Å². The fourth-order valence-corrected chi connectivity index (χ4v) is 2.48. The first kappa shape index (κ1) is 14.5. The van der Waals surface area contributed by atoms with Gasteiger partial charge >= 0.3 is 0 Å². The zero-order valence-corrected chi connectivity index (χ0v) is 11.3. The molecule has 20 heavy (non-hydrogen) atoms. The Morgan fingerprint density at radius 2 is 2.15 bits per heavy atom. The van der Waals surface area contributed by atoms with Gasteiger partial charge in [0.1, 0.15) is 11.5 Å². The summed E-state index contributed by atoms with van der Waals surface area (Å²) in [6.45, 7) is 0.387. The number of rotatable bonds is 5. The first-order valence-electron chi connectivity index (χ1n) is 6.48. The van der Waals surface area contributed by atoms with Gasteiger partial charge in [0.25, 0.3) is 0 Å². The highest BCUT2D eigenvalue weighted by Crippen LogP contribution is 2.30. The molecule has 6 heteroatoms. The van der Waals surface area contributed by atoms with E-state index in [4.69, 9.17) is 9.47 Å². The Hall–Kier alpha value is -1.95. The van der Waals surface area contributed by atoms with Gasteiger partial charge in [0.05, 0.1) is 32.2 Å². The van der Waals surface area contributed by atoms with Crippen LogP contribution < -0.4 is 4.74 Å². The second-order valence-corrected chi connectivity index (χ2v) is 4.79. The van der Waals surface area contributed by atoms with Gasteiger partial charge in [0, 0.05) is 11.3 Å². The monoisotopic (exact) mass is 279 g/mol. The largest absolute Gasteiger partial charge is 0.497 e. The van der Waals surface area contributed by atoms with Crippen LogP contribution in [0, 0.1) is 16.0 Å². The van der Waals surface area contributed by atoms with Gasteiger partial charge in [0.2, 0.25) is 6.54 Å². The quantitative estimate of drug-likeness (QED) is 0.605. The molecule has 1 fully saturated rings. The lowest BCUT2D eigenvalue weighted by Crippen LogP contribution is -2.35. The van der Waals surface area contributed by atoms with E-state index in [9.17, 15) is 14.9 Å². The molecule has 2 rings (SSSR count). The fraction of sp³-hybridized carbons (Fsp3) is 0.500. The van der Waals surface area contributed by atoms with E-state index >= 15 is 0 Å². The van der Waals surface area contributed by atoms with Gasteiger partial charge < -0.3 is 9.47 Å². The smallest absolute Gasteiger partial charge is 0.211 e. The topological polar surface area (TPSA) is 78.7 Å². The lowest BCUT2D eigenvalue weighted by atomic mass is 9.82. The molecule has 0 bridgehead atoms. The Morgan fingerprint density at radius 3 is 2.70 bits per heavy atom. The second kappa shape index (κ2) is 6.47. The van der Waals surface area contributed by atoms with E-state index in [1.54, 1.807) is 31.4 Å². The van der Waals surface area contributed by atoms with Crippen LogP contribution in [0.3, 0.4) is 0 Å². The predicted molar refractivity (Wildman–Crippen MR) is 71.5 cm³/mol. The minimum Gasteiger partial charge on any atom is -0.497 e. The molecule has 0 radical (unpaired) electrons. The summed E-state index contributed by atoms with van der Waals surface area (Å²) in [5.74, 6) is -0.176. The van der Waals surface area contributed by atoms with E-state index in [2.05, 4.69) is 0 Å². The van der Waals surface area contributed by atoms with E-state index in [-0.39, 0.29) is 23.9 Å². The molecule has 108 valence electrons. The van der Waals surface area contributed by atoms with Crippen molar-refractivity contribution in [3.63, 3.8) is 0 Å². The minimum atomic E-state index is -0.455. The van der Waals surface area contributed by atoms with Gasteiger partial charge in [-0.05, 0) is 17.7 Å². The summed E-state index contributed by atoms with van der Waals surface area (Å²) in [6, 6.07) is 7.04. The van der Waals surface area contributed by atoms with Crippen LogP contribution in [-0.2, 0) is 9.53 Å². The molecular weight excluding hydrogens is 262 g/mol. The summed E-state index contributed by atoms with van der Waals surface area (Å²) in [4.78, 5) is 22.5. The lowest BCUT2D eigenvalue weighted by Gasteiger charge is -2.27. The van der Waals surface area contributed by atoms with Crippen molar-refractivity contribution in [1.82, 2.24) is 0 Å². The molecule has 1 aliphatic rings. The Labute approximate surface area is 116 Å². The number of benzene rings is 1. The molecule has 0 N–H and O–H groups in total. The Bertz CT molecular complexity index is 485. The third kappa shape index (κ3) is 3.33. The fourth-order valence-electron chi connectivity index (χ4n) is 2.48. The van der Waals surface area contributed by atoms with Crippen molar-refractivity contribution >= 4 is 5.78 Å². The molecule has 0 aliphatic carbocycles. The zero-order valence-electron chi connectivity index (χ0n) is 11.3. The van der Waals surface area contributed by atoms with Gasteiger partial charge in [-0.15, -0.1) is 0 Å². The molecule has 1 aromatic carbocycles. The Morgan fingerprint density at radius 1 is 1.45 bits per heavy atom. The van der Waals surface area contributed by atoms with Crippen molar-refractivity contribution in [1.29, 1.82) is 0 Å². The zero-order chi connectivity index (χ0) is 14.5. The lowest BCUT2D eigenvalue weighted by molar-refractivity contribution is -0.484. The van der Waals surface area contributed by atoms with Crippen LogP contribution in [0.5, 0.6) is 5.75 Å². The maximum absolute atomic E-state index is 12.0. The molecule has 2 atom stereocenters. The average molecular weight is 279 g/mol. The van der Waals surface area contributed by atoms with E-state index < -0.39 is 11.8 Å². The molecule has 1 heterocycles. The van der Waals surface area contributed by atoms with Crippen molar-refractivity contribution in [3.05, 3.63) is 39.9 Å². The molecule has 1 saturated heterocycles. The molecule has 0 saturated carbocycles. The van der Waals surface area contributed by atoms with Crippen LogP contribution in [0.15, 0.2) is 24.3 Å². The van der Waals surface area contributed by atoms with Gasteiger partial charge in [-0.1, -0.05) is 12.1 Å². The summed E-state index contributed by atoms with van der Waals surface area (Å²) in [7, 11) is 1.56. The number of ketones is 1. The van der Waals surface area contributed by atoms with Crippen LogP contribution in [0.2, 0.25) is 0 Å². The predicted octanol–water partition coefficient (Wildman–Crippen LogP) is 1.66. The SMILES string of the molecule is COc1ccc([C@@H](C[N+](=O)[O-])[C@H]2COCCC2=O)cc1. The first-order chi connectivity index (χ1) is 9.61. The second-order valence-electron chi connectivity index (χ2n) is 4.79. The van der Waals surface area contributed by atoms with Crippen molar-refractivity contribution < 1.29 is 19.2 Å². The number of nitrogens with zero attached hydrogens (tertiary/aromatic N) is 1. The van der Waals surface area contributed by atoms with E-state index in [0.29, 0.717) is 18.8 Å². The van der Waals surface area contributed by atoms with Gasteiger partial charge in [-0.2, -0.15) is 0 Å². The highest BCUT2D eigenvalue weighted by molar-refractivity contribution is 5.82. The van der Waals surface area contributed by atoms with Gasteiger partial charge in [-0.3, -0.25) is 14.9 Å². The van der Waals surface area contributed by atoms with Crippen LogP contribution >= 0.6 is 0 Å². The molecule has 1 aliphatic heterocycles. The van der Waals surface area contributed by atoms with Gasteiger partial charge in [0.15, 0.2) is 0 Å². The number of methoxy groups -OCH3 is 1. The van der Waals surface area contributed by atoms with Crippen molar-refractivity contribution in [2.24, 2.45) is 5.92 Å². The maximum atomic E-state index is 12.0. The first-order valence-corrected chi connectivity index (χ1v) is 6.48. The Kier molecular flexibility index (Phi) is 4.68. The van der Waals surface area contributed by atoms with Crippen molar-refractivity contribution in [2.45, 2.75) is 12.3 Å². The number of ether oxygens (including phenoxy) is 2. The summed E-state index contributed by atoms with van der Waals surface area (Å²) in [5, 5.41) is 10.9. The molecule has 0 spiro atoms. The molecule has 0 unspecified atom stereocenters. The van der Waals surface area contributed by atoms with Crippen LogP contribution in [0.25, 0.3) is 0 Å². The number of hydrogen-bond acceptors (Lipinski definition) is 5. The number of carbonyl (C=O) groups is 1. The highest BCUT2D eigenvalue weighted by Gasteiger charge is 2.35.